The molecule has 0 atom stereocenters. The SMILES string of the molecule is N#C/C(=C\c1ccc(OCC(=O)O)c(Br)c1)C(=O)Nc1cccc(C(F)(F)F)c1. The van der Waals surface area contributed by atoms with Crippen molar-refractivity contribution in [1.29, 1.82) is 5.26 Å². The van der Waals surface area contributed by atoms with Crippen LogP contribution in [0, 0.1) is 11.3 Å². The molecular formula is C19H12BrF3N2O4. The monoisotopic (exact) mass is 468 g/mol. The quantitative estimate of drug-likeness (QED) is 0.480. The Balaban J connectivity index is 2.19. The van der Waals surface area contributed by atoms with E-state index < -0.39 is 30.2 Å². The number of nitrogens with zero attached hydrogens (tertiary/aromatic N) is 1. The Labute approximate surface area is 171 Å². The normalized spacial score (nSPS) is 11.5. The van der Waals surface area contributed by atoms with Gasteiger partial charge in [0.25, 0.3) is 5.91 Å². The number of hydrogen-bond donors (Lipinski definition) is 2. The zero-order valence-electron chi connectivity index (χ0n) is 14.5. The van der Waals surface area contributed by atoms with Crippen LogP contribution in [0.3, 0.4) is 0 Å². The van der Waals surface area contributed by atoms with Crippen LogP contribution in [0.25, 0.3) is 6.08 Å². The number of ether oxygens (including phenoxy) is 1. The summed E-state index contributed by atoms with van der Waals surface area (Å²) in [4.78, 5) is 22.8. The number of carbonyl (C=O) groups excluding carboxylic acids is 1. The number of rotatable bonds is 6. The first-order chi connectivity index (χ1) is 13.6. The Morgan fingerprint density at radius 1 is 1.24 bits per heavy atom. The molecule has 2 rings (SSSR count). The smallest absolute Gasteiger partial charge is 0.416 e. The van der Waals surface area contributed by atoms with Gasteiger partial charge in [0.15, 0.2) is 6.61 Å². The van der Waals surface area contributed by atoms with E-state index in [1.807, 2.05) is 0 Å². The number of amides is 1. The molecule has 0 aromatic heterocycles. The van der Waals surface area contributed by atoms with Gasteiger partial charge in [0, 0.05) is 5.69 Å². The van der Waals surface area contributed by atoms with E-state index in [-0.39, 0.29) is 17.0 Å². The molecule has 0 fully saturated rings. The van der Waals surface area contributed by atoms with Crippen LogP contribution >= 0.6 is 15.9 Å². The molecule has 0 aliphatic carbocycles. The van der Waals surface area contributed by atoms with Gasteiger partial charge in [-0.2, -0.15) is 18.4 Å². The summed E-state index contributed by atoms with van der Waals surface area (Å²) in [5.41, 5.74) is -0.966. The van der Waals surface area contributed by atoms with Crippen LogP contribution in [0.15, 0.2) is 52.5 Å². The highest BCUT2D eigenvalue weighted by Crippen LogP contribution is 2.31. The van der Waals surface area contributed by atoms with E-state index in [9.17, 15) is 28.0 Å². The van der Waals surface area contributed by atoms with Crippen molar-refractivity contribution in [2.75, 3.05) is 11.9 Å². The highest BCUT2D eigenvalue weighted by molar-refractivity contribution is 9.10. The third-order valence-corrected chi connectivity index (χ3v) is 4.05. The van der Waals surface area contributed by atoms with Crippen molar-refractivity contribution in [3.05, 3.63) is 63.6 Å². The fraction of sp³-hybridized carbons (Fsp3) is 0.105. The second-order valence-corrected chi connectivity index (χ2v) is 6.43. The maximum atomic E-state index is 12.8. The first kappa shape index (κ1) is 22.0. The summed E-state index contributed by atoms with van der Waals surface area (Å²) in [6.45, 7) is -0.545. The third kappa shape index (κ3) is 6.36. The molecule has 10 heteroatoms. The molecule has 0 unspecified atom stereocenters. The summed E-state index contributed by atoms with van der Waals surface area (Å²) >= 11 is 3.19. The van der Waals surface area contributed by atoms with Crippen LogP contribution in [-0.4, -0.2) is 23.6 Å². The van der Waals surface area contributed by atoms with Gasteiger partial charge >= 0.3 is 12.1 Å². The maximum absolute atomic E-state index is 12.8. The Hall–Kier alpha value is -3.32. The van der Waals surface area contributed by atoms with Crippen molar-refractivity contribution < 1.29 is 32.6 Å². The maximum Gasteiger partial charge on any atom is 0.416 e. The topological polar surface area (TPSA) is 99.4 Å². The van der Waals surface area contributed by atoms with Crippen LogP contribution < -0.4 is 10.1 Å². The number of carboxylic acid groups (broad SMARTS) is 1. The van der Waals surface area contributed by atoms with E-state index in [1.165, 1.54) is 30.3 Å². The molecule has 29 heavy (non-hydrogen) atoms. The zero-order valence-corrected chi connectivity index (χ0v) is 16.0. The molecule has 0 aliphatic heterocycles. The highest BCUT2D eigenvalue weighted by Gasteiger charge is 2.30. The number of nitriles is 1. The fourth-order valence-corrected chi connectivity index (χ4v) is 2.66. The van der Waals surface area contributed by atoms with E-state index >= 15 is 0 Å². The summed E-state index contributed by atoms with van der Waals surface area (Å²) in [6.07, 6.45) is -3.33. The van der Waals surface area contributed by atoms with Crippen LogP contribution in [0.2, 0.25) is 0 Å². The lowest BCUT2D eigenvalue weighted by Crippen LogP contribution is -2.14. The minimum absolute atomic E-state index is 0.107. The predicted octanol–water partition coefficient (Wildman–Crippen LogP) is 4.48. The number of alkyl halides is 3. The van der Waals surface area contributed by atoms with Crippen molar-refractivity contribution in [1.82, 2.24) is 0 Å². The summed E-state index contributed by atoms with van der Waals surface area (Å²) in [5, 5.41) is 20.1. The molecule has 150 valence electrons. The van der Waals surface area contributed by atoms with Gasteiger partial charge in [0.1, 0.15) is 17.4 Å². The third-order valence-electron chi connectivity index (χ3n) is 3.43. The number of nitrogens with one attached hydrogen (secondary N) is 1. The van der Waals surface area contributed by atoms with Gasteiger partial charge in [-0.3, -0.25) is 4.79 Å². The number of carbonyl (C=O) groups is 2. The molecule has 2 N–H and O–H groups in total. The van der Waals surface area contributed by atoms with Gasteiger partial charge in [-0.15, -0.1) is 0 Å². The van der Waals surface area contributed by atoms with E-state index in [2.05, 4.69) is 21.2 Å². The molecule has 2 aromatic rings. The van der Waals surface area contributed by atoms with Crippen molar-refractivity contribution >= 4 is 39.6 Å². The molecule has 2 aromatic carbocycles. The number of carboxylic acids is 1. The molecule has 0 aliphatic rings. The standard InChI is InChI=1S/C19H12BrF3N2O4/c20-15-7-11(4-5-16(15)29-10-17(26)27)6-12(9-24)18(28)25-14-3-1-2-13(8-14)19(21,22)23/h1-8H,10H2,(H,25,28)(H,26,27)/b12-6+. The number of benzene rings is 2. The minimum atomic E-state index is -4.56. The van der Waals surface area contributed by atoms with Crippen molar-refractivity contribution in [2.24, 2.45) is 0 Å². The van der Waals surface area contributed by atoms with Gasteiger partial charge in [0.2, 0.25) is 0 Å². The summed E-state index contributed by atoms with van der Waals surface area (Å²) < 4.78 is 43.7. The average molecular weight is 469 g/mol. The Morgan fingerprint density at radius 3 is 2.55 bits per heavy atom. The largest absolute Gasteiger partial charge is 0.481 e. The van der Waals surface area contributed by atoms with Crippen LogP contribution in [-0.2, 0) is 15.8 Å². The second-order valence-electron chi connectivity index (χ2n) is 5.57. The summed E-state index contributed by atoms with van der Waals surface area (Å²) in [7, 11) is 0. The molecule has 0 spiro atoms. The van der Waals surface area contributed by atoms with Crippen LogP contribution in [0.1, 0.15) is 11.1 Å². The van der Waals surface area contributed by atoms with Crippen molar-refractivity contribution in [3.8, 4) is 11.8 Å². The van der Waals surface area contributed by atoms with Gasteiger partial charge in [-0.25, -0.2) is 4.79 Å². The Kier molecular flexibility index (Phi) is 7.01. The molecule has 0 radical (unpaired) electrons. The van der Waals surface area contributed by atoms with Gasteiger partial charge < -0.3 is 15.2 Å². The second kappa shape index (κ2) is 9.25. The van der Waals surface area contributed by atoms with Crippen molar-refractivity contribution in [3.63, 3.8) is 0 Å². The number of anilines is 1. The van der Waals surface area contributed by atoms with Crippen LogP contribution in [0.4, 0.5) is 18.9 Å². The van der Waals surface area contributed by atoms with Gasteiger partial charge in [-0.1, -0.05) is 12.1 Å². The summed E-state index contributed by atoms with van der Waals surface area (Å²) in [5.74, 6) is -1.79. The lowest BCUT2D eigenvalue weighted by molar-refractivity contribution is -0.139. The van der Waals surface area contributed by atoms with Crippen LogP contribution in [0.5, 0.6) is 5.75 Å². The predicted molar refractivity (Wildman–Crippen MR) is 101 cm³/mol. The van der Waals surface area contributed by atoms with E-state index in [1.54, 1.807) is 6.07 Å². The molecule has 0 bridgehead atoms. The first-order valence-corrected chi connectivity index (χ1v) is 8.64. The fourth-order valence-electron chi connectivity index (χ4n) is 2.15. The molecular weight excluding hydrogens is 457 g/mol. The minimum Gasteiger partial charge on any atom is -0.481 e. The lowest BCUT2D eigenvalue weighted by Gasteiger charge is -2.10. The molecule has 1 amide bonds. The first-order valence-electron chi connectivity index (χ1n) is 7.84. The summed E-state index contributed by atoms with van der Waals surface area (Å²) in [6, 6.07) is 10.1. The van der Waals surface area contributed by atoms with Gasteiger partial charge in [0.05, 0.1) is 10.0 Å². The molecule has 0 saturated carbocycles. The van der Waals surface area contributed by atoms with Gasteiger partial charge in [-0.05, 0) is 57.9 Å². The highest BCUT2D eigenvalue weighted by atomic mass is 79.9. The number of halogens is 4. The molecule has 0 heterocycles. The van der Waals surface area contributed by atoms with E-state index in [4.69, 9.17) is 9.84 Å². The Morgan fingerprint density at radius 2 is 1.97 bits per heavy atom. The number of hydrogen-bond acceptors (Lipinski definition) is 4. The lowest BCUT2D eigenvalue weighted by atomic mass is 10.1. The average Bonchev–Trinajstić information content (AvgIpc) is 2.64. The molecule has 0 saturated heterocycles. The number of aliphatic carboxylic acids is 1. The zero-order chi connectivity index (χ0) is 21.6. The van der Waals surface area contributed by atoms with E-state index in [0.717, 1.165) is 18.2 Å². The Bertz CT molecular complexity index is 1010. The molecule has 6 nitrogen and oxygen atoms in total. The van der Waals surface area contributed by atoms with Crippen molar-refractivity contribution in [2.45, 2.75) is 6.18 Å². The van der Waals surface area contributed by atoms with E-state index in [0.29, 0.717) is 10.0 Å².